The van der Waals surface area contributed by atoms with Crippen LogP contribution in [0, 0.1) is 18.3 Å². The van der Waals surface area contributed by atoms with E-state index in [2.05, 4.69) is 15.9 Å². The first kappa shape index (κ1) is 36.6. The maximum Gasteiger partial charge on any atom is 0.488 e. The average Bonchev–Trinajstić information content (AvgIpc) is 3.90. The predicted octanol–water partition coefficient (Wildman–Crippen LogP) is 4.68. The van der Waals surface area contributed by atoms with E-state index in [1.807, 2.05) is 79.2 Å². The molecule has 0 aliphatic carbocycles. The van der Waals surface area contributed by atoms with Crippen molar-refractivity contribution in [3.05, 3.63) is 118 Å². The number of imidazole rings is 1. The van der Waals surface area contributed by atoms with Gasteiger partial charge in [0.25, 0.3) is 0 Å². The number of aliphatic hydroxyl groups is 1. The Balaban J connectivity index is 1.01. The first-order chi connectivity index (χ1) is 26.6. The minimum atomic E-state index is -1.50. The molecule has 4 aromatic carbocycles. The smallest absolute Gasteiger partial charge is 0.435 e. The first-order valence-corrected chi connectivity index (χ1v) is 18.6. The molecule has 14 heteroatoms. The van der Waals surface area contributed by atoms with Crippen LogP contribution in [-0.4, -0.2) is 78.3 Å². The number of likely N-dealkylation sites (tertiary alicyclic amines) is 1. The highest BCUT2D eigenvalue weighted by Crippen LogP contribution is 2.36. The Kier molecular flexibility index (Phi) is 10.0. The number of anilines is 1. The number of nitriles is 1. The van der Waals surface area contributed by atoms with Crippen molar-refractivity contribution in [2.24, 2.45) is 7.05 Å². The molecule has 0 bridgehead atoms. The van der Waals surface area contributed by atoms with E-state index in [1.54, 1.807) is 18.2 Å². The van der Waals surface area contributed by atoms with Gasteiger partial charge in [-0.3, -0.25) is 14.6 Å². The van der Waals surface area contributed by atoms with Crippen LogP contribution in [-0.2, 0) is 33.1 Å². The molecule has 6 aromatic rings. The van der Waals surface area contributed by atoms with Gasteiger partial charge in [0.1, 0.15) is 11.6 Å². The maximum atomic E-state index is 13.9. The second-order valence-corrected chi connectivity index (χ2v) is 14.7. The Hall–Kier alpha value is -5.33. The zero-order chi connectivity index (χ0) is 38.4. The number of benzene rings is 4. The van der Waals surface area contributed by atoms with Crippen molar-refractivity contribution < 1.29 is 24.4 Å². The van der Waals surface area contributed by atoms with E-state index >= 15 is 0 Å². The second kappa shape index (κ2) is 15.1. The van der Waals surface area contributed by atoms with Gasteiger partial charge in [0, 0.05) is 75.8 Å². The van der Waals surface area contributed by atoms with Crippen molar-refractivity contribution in [2.45, 2.75) is 45.5 Å². The van der Waals surface area contributed by atoms with Gasteiger partial charge in [0.2, 0.25) is 11.7 Å². The quantitative estimate of drug-likeness (QED) is 0.140. The van der Waals surface area contributed by atoms with E-state index in [9.17, 15) is 25.2 Å². The summed E-state index contributed by atoms with van der Waals surface area (Å²) in [5.74, 6) is 0.216. The van der Waals surface area contributed by atoms with Crippen molar-refractivity contribution in [1.29, 1.82) is 5.26 Å². The molecule has 2 aliphatic heterocycles. The number of oxazole rings is 1. The predicted molar refractivity (Wildman–Crippen MR) is 210 cm³/mol. The Bertz CT molecular complexity index is 2460. The SMILES string of the molecule is Cc1c(-c2cccc(N(Cl)C(=O)c3nc4c(n3C)CCN(Cc3ccc(B(O)O)cc3)C4)c2)cccc1-c1nc2cc(CN3CCC(O)C3)cc(C#N)c2o1. The molecular formula is C41H39BClN7O5. The number of hydrogen-bond donors (Lipinski definition) is 3. The van der Waals surface area contributed by atoms with Crippen LogP contribution in [0.2, 0.25) is 0 Å². The van der Waals surface area contributed by atoms with Gasteiger partial charge in [-0.15, -0.1) is 0 Å². The summed E-state index contributed by atoms with van der Waals surface area (Å²) in [5, 5.41) is 38.7. The van der Waals surface area contributed by atoms with E-state index < -0.39 is 13.0 Å². The molecule has 1 unspecified atom stereocenters. The van der Waals surface area contributed by atoms with Crippen molar-refractivity contribution >= 4 is 47.1 Å². The number of amides is 1. The van der Waals surface area contributed by atoms with Gasteiger partial charge in [-0.25, -0.2) is 14.4 Å². The molecule has 2 aromatic heterocycles. The lowest BCUT2D eigenvalue weighted by molar-refractivity contribution is 0.0992. The van der Waals surface area contributed by atoms with E-state index in [0.29, 0.717) is 59.9 Å². The maximum absolute atomic E-state index is 13.9. The molecule has 12 nitrogen and oxygen atoms in total. The van der Waals surface area contributed by atoms with Gasteiger partial charge in [-0.2, -0.15) is 5.26 Å². The number of fused-ring (bicyclic) bond motifs is 2. The summed E-state index contributed by atoms with van der Waals surface area (Å²) >= 11 is 6.79. The molecule has 1 amide bonds. The molecule has 1 fully saturated rings. The topological polar surface area (TPSA) is 155 Å². The molecule has 55 heavy (non-hydrogen) atoms. The molecule has 4 heterocycles. The van der Waals surface area contributed by atoms with Gasteiger partial charge >= 0.3 is 13.0 Å². The van der Waals surface area contributed by atoms with Crippen LogP contribution in [0.25, 0.3) is 33.7 Å². The average molecular weight is 756 g/mol. The number of carbonyl (C=O) groups is 1. The number of carbonyl (C=O) groups excluding carboxylic acids is 1. The molecule has 0 radical (unpaired) electrons. The summed E-state index contributed by atoms with van der Waals surface area (Å²) in [7, 11) is 0.342. The number of nitrogens with zero attached hydrogens (tertiary/aromatic N) is 7. The highest BCUT2D eigenvalue weighted by molar-refractivity contribution is 6.58. The van der Waals surface area contributed by atoms with Gasteiger partial charge in [0.05, 0.1) is 23.0 Å². The summed E-state index contributed by atoms with van der Waals surface area (Å²) < 4.78 is 9.17. The van der Waals surface area contributed by atoms with E-state index in [0.717, 1.165) is 75.1 Å². The molecule has 0 spiro atoms. The van der Waals surface area contributed by atoms with Crippen molar-refractivity contribution in [2.75, 3.05) is 24.1 Å². The van der Waals surface area contributed by atoms with Crippen molar-refractivity contribution in [3.63, 3.8) is 0 Å². The highest BCUT2D eigenvalue weighted by Gasteiger charge is 2.29. The number of aliphatic hydroxyl groups excluding tert-OH is 1. The Morgan fingerprint density at radius 3 is 2.51 bits per heavy atom. The third-order valence-electron chi connectivity index (χ3n) is 10.7. The van der Waals surface area contributed by atoms with Crippen molar-refractivity contribution in [3.8, 4) is 28.7 Å². The lowest BCUT2D eigenvalue weighted by Gasteiger charge is -2.26. The van der Waals surface area contributed by atoms with Crippen molar-refractivity contribution in [1.82, 2.24) is 24.3 Å². The Morgan fingerprint density at radius 1 is 1.00 bits per heavy atom. The minimum Gasteiger partial charge on any atom is -0.435 e. The van der Waals surface area contributed by atoms with Crippen LogP contribution >= 0.6 is 11.8 Å². The van der Waals surface area contributed by atoms with Gasteiger partial charge in [-0.05, 0) is 77.0 Å². The molecular weight excluding hydrogens is 717 g/mol. The van der Waals surface area contributed by atoms with Gasteiger partial charge < -0.3 is 24.1 Å². The fraction of sp³-hybridized carbons (Fsp3) is 0.268. The third kappa shape index (κ3) is 7.28. The molecule has 1 atom stereocenters. The molecule has 8 rings (SSSR count). The molecule has 2 aliphatic rings. The summed E-state index contributed by atoms with van der Waals surface area (Å²) in [5.41, 5.74) is 9.63. The molecule has 3 N–H and O–H groups in total. The third-order valence-corrected chi connectivity index (χ3v) is 11.0. The van der Waals surface area contributed by atoms with Crippen LogP contribution < -0.4 is 9.88 Å². The molecule has 278 valence electrons. The van der Waals surface area contributed by atoms with Crippen LogP contribution in [0.1, 0.15) is 50.7 Å². The van der Waals surface area contributed by atoms with Gasteiger partial charge in [0.15, 0.2) is 5.58 Å². The second-order valence-electron chi connectivity index (χ2n) is 14.4. The number of β-amino-alcohol motifs (C(OH)–C–C–N with tert-alkyl or cyclic N) is 1. The van der Waals surface area contributed by atoms with Crippen LogP contribution in [0.15, 0.2) is 83.3 Å². The summed E-state index contributed by atoms with van der Waals surface area (Å²) in [6, 6.07) is 26.5. The van der Waals surface area contributed by atoms with E-state index in [-0.39, 0.29) is 11.9 Å². The zero-order valence-corrected chi connectivity index (χ0v) is 31.2. The number of aromatic nitrogens is 3. The summed E-state index contributed by atoms with van der Waals surface area (Å²) in [6.45, 7) is 6.02. The Labute approximate surface area is 323 Å². The monoisotopic (exact) mass is 755 g/mol. The lowest BCUT2D eigenvalue weighted by atomic mass is 9.80. The Morgan fingerprint density at radius 2 is 1.76 bits per heavy atom. The standard InChI is InChI=1S/C41H39BClN7O5/c1-25-33(7-4-8-34(25)40-46-35-18-27(17-29(20-44)38(35)55-40)22-48-15-13-32(51)23-48)28-5-3-6-31(19-28)50(43)41(52)39-45-36-24-49(16-14-37(36)47(39)2)21-26-9-11-30(12-10-26)42(53)54/h3-12,17-19,32,51,53-54H,13-16,21-24H2,1-2H3. The fourth-order valence-electron chi connectivity index (χ4n) is 7.74. The van der Waals surface area contributed by atoms with Gasteiger partial charge in [-0.1, -0.05) is 48.5 Å². The molecule has 0 saturated carbocycles. The zero-order valence-electron chi connectivity index (χ0n) is 30.5. The normalized spacial score (nSPS) is 16.0. The minimum absolute atomic E-state index is 0.251. The van der Waals surface area contributed by atoms with Crippen LogP contribution in [0.5, 0.6) is 0 Å². The number of halogens is 1. The largest absolute Gasteiger partial charge is 0.488 e. The number of rotatable bonds is 9. The lowest BCUT2D eigenvalue weighted by Crippen LogP contribution is -2.32. The number of hydrogen-bond acceptors (Lipinski definition) is 10. The van der Waals surface area contributed by atoms with E-state index in [4.69, 9.17) is 26.2 Å². The summed E-state index contributed by atoms with van der Waals surface area (Å²) in [4.78, 5) is 27.9. The fourth-order valence-corrected chi connectivity index (χ4v) is 7.92. The van der Waals surface area contributed by atoms with Crippen LogP contribution in [0.3, 0.4) is 0 Å². The molecule has 1 saturated heterocycles. The summed E-state index contributed by atoms with van der Waals surface area (Å²) in [6.07, 6.45) is 1.13. The highest BCUT2D eigenvalue weighted by atomic mass is 35.5. The van der Waals surface area contributed by atoms with Crippen LogP contribution in [0.4, 0.5) is 5.69 Å². The first-order valence-electron chi connectivity index (χ1n) is 18.2. The van der Waals surface area contributed by atoms with E-state index in [1.165, 1.54) is 0 Å².